The minimum atomic E-state index is -0.421. The third kappa shape index (κ3) is 2.86. The average Bonchev–Trinajstić information content (AvgIpc) is 2.82. The van der Waals surface area contributed by atoms with E-state index in [0.29, 0.717) is 13.0 Å². The highest BCUT2D eigenvalue weighted by Crippen LogP contribution is 2.17. The first-order valence-corrected chi connectivity index (χ1v) is 5.93. The van der Waals surface area contributed by atoms with Crippen molar-refractivity contribution < 1.29 is 13.9 Å². The standard InChI is InChI=1S/C13H17FN2O2/c1-8-3-4-10(14)11(5-8)16-13(17)12-6-9(18-2)7-15-12/h3-5,9,12,15H,6-7H2,1-2H3,(H,16,17). The van der Waals surface area contributed by atoms with E-state index < -0.39 is 5.82 Å². The molecule has 1 amide bonds. The summed E-state index contributed by atoms with van der Waals surface area (Å²) in [6.45, 7) is 2.49. The van der Waals surface area contributed by atoms with Gasteiger partial charge in [-0.15, -0.1) is 0 Å². The summed E-state index contributed by atoms with van der Waals surface area (Å²) in [4.78, 5) is 11.9. The van der Waals surface area contributed by atoms with Crippen LogP contribution in [0.15, 0.2) is 18.2 Å². The monoisotopic (exact) mass is 252 g/mol. The van der Waals surface area contributed by atoms with Crippen LogP contribution in [-0.2, 0) is 9.53 Å². The Labute approximate surface area is 106 Å². The van der Waals surface area contributed by atoms with Gasteiger partial charge in [0.25, 0.3) is 0 Å². The molecule has 18 heavy (non-hydrogen) atoms. The Bertz CT molecular complexity index is 451. The number of anilines is 1. The number of benzene rings is 1. The van der Waals surface area contributed by atoms with E-state index >= 15 is 0 Å². The van der Waals surface area contributed by atoms with Crippen molar-refractivity contribution in [3.63, 3.8) is 0 Å². The minimum absolute atomic E-state index is 0.0445. The van der Waals surface area contributed by atoms with Crippen LogP contribution >= 0.6 is 0 Å². The summed E-state index contributed by atoms with van der Waals surface area (Å²) in [6.07, 6.45) is 0.651. The van der Waals surface area contributed by atoms with Crippen LogP contribution in [0.4, 0.5) is 10.1 Å². The molecular weight excluding hydrogens is 235 g/mol. The van der Waals surface area contributed by atoms with E-state index in [1.165, 1.54) is 6.07 Å². The lowest BCUT2D eigenvalue weighted by molar-refractivity contribution is -0.118. The Kier molecular flexibility index (Phi) is 3.93. The van der Waals surface area contributed by atoms with Crippen LogP contribution in [0, 0.1) is 12.7 Å². The van der Waals surface area contributed by atoms with E-state index in [-0.39, 0.29) is 23.7 Å². The van der Waals surface area contributed by atoms with Gasteiger partial charge in [0.15, 0.2) is 0 Å². The fourth-order valence-corrected chi connectivity index (χ4v) is 2.04. The Morgan fingerprint density at radius 2 is 2.33 bits per heavy atom. The zero-order valence-electron chi connectivity index (χ0n) is 10.5. The Hall–Kier alpha value is -1.46. The van der Waals surface area contributed by atoms with Gasteiger partial charge in [0.2, 0.25) is 5.91 Å². The molecule has 2 atom stereocenters. The molecular formula is C13H17FN2O2. The van der Waals surface area contributed by atoms with Crippen LogP contribution in [0.5, 0.6) is 0 Å². The van der Waals surface area contributed by atoms with E-state index in [1.807, 2.05) is 6.92 Å². The third-order valence-electron chi connectivity index (χ3n) is 3.12. The van der Waals surface area contributed by atoms with Gasteiger partial charge in [-0.3, -0.25) is 4.79 Å². The van der Waals surface area contributed by atoms with E-state index in [9.17, 15) is 9.18 Å². The zero-order chi connectivity index (χ0) is 13.1. The Morgan fingerprint density at radius 1 is 1.56 bits per heavy atom. The number of nitrogens with one attached hydrogen (secondary N) is 2. The van der Waals surface area contributed by atoms with Crippen molar-refractivity contribution in [3.8, 4) is 0 Å². The van der Waals surface area contributed by atoms with Gasteiger partial charge in [-0.1, -0.05) is 6.07 Å². The summed E-state index contributed by atoms with van der Waals surface area (Å²) < 4.78 is 18.7. The normalized spacial score (nSPS) is 23.1. The quantitative estimate of drug-likeness (QED) is 0.856. The van der Waals surface area contributed by atoms with Crippen molar-refractivity contribution in [2.24, 2.45) is 0 Å². The summed E-state index contributed by atoms with van der Waals surface area (Å²) in [6, 6.07) is 4.32. The van der Waals surface area contributed by atoms with E-state index in [1.54, 1.807) is 19.2 Å². The van der Waals surface area contributed by atoms with Crippen molar-refractivity contribution in [3.05, 3.63) is 29.6 Å². The molecule has 1 aliphatic rings. The second kappa shape index (κ2) is 5.46. The fraction of sp³-hybridized carbons (Fsp3) is 0.462. The highest BCUT2D eigenvalue weighted by molar-refractivity contribution is 5.95. The van der Waals surface area contributed by atoms with Crippen LogP contribution < -0.4 is 10.6 Å². The predicted octanol–water partition coefficient (Wildman–Crippen LogP) is 1.45. The maximum absolute atomic E-state index is 13.5. The first-order valence-electron chi connectivity index (χ1n) is 5.93. The molecule has 1 aromatic carbocycles. The molecule has 1 aromatic rings. The highest BCUT2D eigenvalue weighted by Gasteiger charge is 2.29. The van der Waals surface area contributed by atoms with Crippen molar-refractivity contribution >= 4 is 11.6 Å². The molecule has 1 saturated heterocycles. The molecule has 0 bridgehead atoms. The van der Waals surface area contributed by atoms with Gasteiger partial charge in [-0.2, -0.15) is 0 Å². The summed E-state index contributed by atoms with van der Waals surface area (Å²) in [7, 11) is 1.62. The lowest BCUT2D eigenvalue weighted by Gasteiger charge is -2.12. The second-order valence-corrected chi connectivity index (χ2v) is 4.53. The average molecular weight is 252 g/mol. The minimum Gasteiger partial charge on any atom is -0.380 e. The number of hydrogen-bond acceptors (Lipinski definition) is 3. The lowest BCUT2D eigenvalue weighted by atomic mass is 10.1. The van der Waals surface area contributed by atoms with Crippen LogP contribution in [0.25, 0.3) is 0 Å². The molecule has 0 saturated carbocycles. The smallest absolute Gasteiger partial charge is 0.241 e. The molecule has 0 aromatic heterocycles. The SMILES string of the molecule is COC1CNC(C(=O)Nc2cc(C)ccc2F)C1. The first kappa shape index (κ1) is 13.0. The van der Waals surface area contributed by atoms with Gasteiger partial charge in [-0.25, -0.2) is 4.39 Å². The fourth-order valence-electron chi connectivity index (χ4n) is 2.04. The molecule has 1 aliphatic heterocycles. The van der Waals surface area contributed by atoms with Crippen LogP contribution in [-0.4, -0.2) is 31.7 Å². The Balaban J connectivity index is 2.01. The van der Waals surface area contributed by atoms with E-state index in [4.69, 9.17) is 4.74 Å². The van der Waals surface area contributed by atoms with Gasteiger partial charge in [0.05, 0.1) is 17.8 Å². The summed E-state index contributed by atoms with van der Waals surface area (Å²) in [5, 5.41) is 5.66. The molecule has 2 unspecified atom stereocenters. The molecule has 4 nitrogen and oxygen atoms in total. The predicted molar refractivity (Wildman–Crippen MR) is 67.0 cm³/mol. The van der Waals surface area contributed by atoms with Gasteiger partial charge >= 0.3 is 0 Å². The molecule has 0 spiro atoms. The number of amides is 1. The summed E-state index contributed by atoms with van der Waals surface area (Å²) >= 11 is 0. The molecule has 2 N–H and O–H groups in total. The van der Waals surface area contributed by atoms with Crippen molar-refractivity contribution in [1.82, 2.24) is 5.32 Å². The van der Waals surface area contributed by atoms with Gasteiger partial charge in [0.1, 0.15) is 5.82 Å². The van der Waals surface area contributed by atoms with Crippen LogP contribution in [0.2, 0.25) is 0 Å². The van der Waals surface area contributed by atoms with Crippen molar-refractivity contribution in [2.45, 2.75) is 25.5 Å². The number of aryl methyl sites for hydroxylation is 1. The van der Waals surface area contributed by atoms with Crippen LogP contribution in [0.1, 0.15) is 12.0 Å². The summed E-state index contributed by atoms with van der Waals surface area (Å²) in [5.74, 6) is -0.644. The van der Waals surface area contributed by atoms with Crippen LogP contribution in [0.3, 0.4) is 0 Å². The van der Waals surface area contributed by atoms with E-state index in [0.717, 1.165) is 5.56 Å². The molecule has 1 heterocycles. The topological polar surface area (TPSA) is 50.4 Å². The molecule has 0 aliphatic carbocycles. The van der Waals surface area contributed by atoms with Gasteiger partial charge < -0.3 is 15.4 Å². The number of hydrogen-bond donors (Lipinski definition) is 2. The lowest BCUT2D eigenvalue weighted by Crippen LogP contribution is -2.35. The third-order valence-corrected chi connectivity index (χ3v) is 3.12. The molecule has 1 fully saturated rings. The first-order chi connectivity index (χ1) is 8.60. The number of carbonyl (C=O) groups is 1. The maximum Gasteiger partial charge on any atom is 0.241 e. The number of methoxy groups -OCH3 is 1. The number of rotatable bonds is 3. The number of carbonyl (C=O) groups excluding carboxylic acids is 1. The highest BCUT2D eigenvalue weighted by atomic mass is 19.1. The Morgan fingerprint density at radius 3 is 3.00 bits per heavy atom. The van der Waals surface area contributed by atoms with Crippen molar-refractivity contribution in [1.29, 1.82) is 0 Å². The molecule has 98 valence electrons. The zero-order valence-corrected chi connectivity index (χ0v) is 10.5. The number of ether oxygens (including phenoxy) is 1. The molecule has 5 heteroatoms. The van der Waals surface area contributed by atoms with E-state index in [2.05, 4.69) is 10.6 Å². The molecule has 2 rings (SSSR count). The van der Waals surface area contributed by atoms with Gasteiger partial charge in [0, 0.05) is 13.7 Å². The largest absolute Gasteiger partial charge is 0.380 e. The maximum atomic E-state index is 13.5. The second-order valence-electron chi connectivity index (χ2n) is 4.53. The summed E-state index contributed by atoms with van der Waals surface area (Å²) in [5.41, 5.74) is 1.13. The van der Waals surface area contributed by atoms with Gasteiger partial charge in [-0.05, 0) is 31.0 Å². The molecule has 0 radical (unpaired) electrons. The van der Waals surface area contributed by atoms with Crippen molar-refractivity contribution in [2.75, 3.05) is 19.0 Å². The number of halogens is 1.